The van der Waals surface area contributed by atoms with Crippen molar-refractivity contribution in [1.29, 1.82) is 0 Å². The molecule has 4 rings (SSSR count). The number of aromatic nitrogens is 1. The first-order valence-electron chi connectivity index (χ1n) is 7.66. The zero-order chi connectivity index (χ0) is 16.7. The van der Waals surface area contributed by atoms with Gasteiger partial charge in [0.15, 0.2) is 11.5 Å². The van der Waals surface area contributed by atoms with Crippen LogP contribution in [-0.2, 0) is 0 Å². The van der Waals surface area contributed by atoms with Crippen LogP contribution in [0.5, 0.6) is 11.5 Å². The van der Waals surface area contributed by atoms with Gasteiger partial charge in [0.25, 0.3) is 0 Å². The highest BCUT2D eigenvalue weighted by Crippen LogP contribution is 2.36. The lowest BCUT2D eigenvalue weighted by molar-refractivity contribution is 0.0699. The summed E-state index contributed by atoms with van der Waals surface area (Å²) in [6, 6.07) is 12.9. The third kappa shape index (κ3) is 2.44. The molecule has 2 aromatic carbocycles. The number of pyridine rings is 1. The van der Waals surface area contributed by atoms with E-state index in [9.17, 15) is 9.90 Å². The van der Waals surface area contributed by atoms with Crippen LogP contribution in [0.4, 0.5) is 0 Å². The third-order valence-corrected chi connectivity index (χ3v) is 4.02. The van der Waals surface area contributed by atoms with Gasteiger partial charge in [-0.2, -0.15) is 0 Å². The van der Waals surface area contributed by atoms with E-state index in [4.69, 9.17) is 9.47 Å². The molecule has 0 bridgehead atoms. The van der Waals surface area contributed by atoms with Gasteiger partial charge in [0.2, 0.25) is 0 Å². The van der Waals surface area contributed by atoms with E-state index in [-0.39, 0.29) is 5.56 Å². The molecular weight excluding hydrogens is 306 g/mol. The van der Waals surface area contributed by atoms with Crippen LogP contribution in [0.1, 0.15) is 15.9 Å². The third-order valence-electron chi connectivity index (χ3n) is 4.02. The van der Waals surface area contributed by atoms with E-state index < -0.39 is 5.97 Å². The van der Waals surface area contributed by atoms with Crippen molar-refractivity contribution in [3.63, 3.8) is 0 Å². The molecule has 2 heterocycles. The number of carbonyl (C=O) groups is 1. The fraction of sp³-hybridized carbons (Fsp3) is 0.158. The summed E-state index contributed by atoms with van der Waals surface area (Å²) in [6.45, 7) is 2.92. The largest absolute Gasteiger partial charge is 0.486 e. The van der Waals surface area contributed by atoms with Crippen molar-refractivity contribution in [3.8, 4) is 22.8 Å². The summed E-state index contributed by atoms with van der Waals surface area (Å²) in [6.07, 6.45) is 0. The Labute approximate surface area is 138 Å². The van der Waals surface area contributed by atoms with Crippen molar-refractivity contribution in [2.24, 2.45) is 0 Å². The van der Waals surface area contributed by atoms with E-state index in [1.165, 1.54) is 0 Å². The maximum absolute atomic E-state index is 11.7. The molecule has 1 aliphatic rings. The van der Waals surface area contributed by atoms with Crippen molar-refractivity contribution in [1.82, 2.24) is 4.98 Å². The van der Waals surface area contributed by atoms with E-state index in [0.29, 0.717) is 41.3 Å². The number of rotatable bonds is 2. The Hall–Kier alpha value is -3.08. The molecule has 0 unspecified atom stereocenters. The van der Waals surface area contributed by atoms with Crippen molar-refractivity contribution < 1.29 is 19.4 Å². The van der Waals surface area contributed by atoms with Crippen molar-refractivity contribution in [3.05, 3.63) is 53.6 Å². The van der Waals surface area contributed by atoms with Crippen molar-refractivity contribution >= 4 is 16.9 Å². The van der Waals surface area contributed by atoms with Crippen LogP contribution in [0, 0.1) is 6.92 Å². The Kier molecular flexibility index (Phi) is 3.34. The minimum absolute atomic E-state index is 0.202. The van der Waals surface area contributed by atoms with E-state index in [0.717, 1.165) is 11.1 Å². The molecule has 1 aliphatic heterocycles. The first kappa shape index (κ1) is 14.5. The summed E-state index contributed by atoms with van der Waals surface area (Å²) in [5.74, 6) is 0.160. The molecule has 0 fully saturated rings. The average molecular weight is 321 g/mol. The Balaban J connectivity index is 1.98. The molecule has 0 spiro atoms. The molecular formula is C19H15NO4. The molecule has 5 nitrogen and oxygen atoms in total. The lowest BCUT2D eigenvalue weighted by atomic mass is 10.0. The van der Waals surface area contributed by atoms with Crippen molar-refractivity contribution in [2.45, 2.75) is 6.92 Å². The molecule has 1 aromatic heterocycles. The van der Waals surface area contributed by atoms with Gasteiger partial charge in [-0.15, -0.1) is 0 Å². The molecule has 0 aliphatic carbocycles. The van der Waals surface area contributed by atoms with E-state index >= 15 is 0 Å². The monoisotopic (exact) mass is 321 g/mol. The van der Waals surface area contributed by atoms with Gasteiger partial charge in [-0.25, -0.2) is 9.78 Å². The van der Waals surface area contributed by atoms with Gasteiger partial charge in [-0.3, -0.25) is 0 Å². The normalized spacial score (nSPS) is 13.0. The highest BCUT2D eigenvalue weighted by atomic mass is 16.6. The molecule has 0 atom stereocenters. The number of carboxylic acids is 1. The van der Waals surface area contributed by atoms with Crippen LogP contribution in [0.15, 0.2) is 42.5 Å². The Morgan fingerprint density at radius 3 is 2.54 bits per heavy atom. The molecule has 24 heavy (non-hydrogen) atoms. The second-order valence-corrected chi connectivity index (χ2v) is 5.74. The van der Waals surface area contributed by atoms with E-state index in [2.05, 4.69) is 4.98 Å². The Morgan fingerprint density at radius 2 is 1.83 bits per heavy atom. The van der Waals surface area contributed by atoms with Crippen molar-refractivity contribution in [2.75, 3.05) is 13.2 Å². The molecule has 3 aromatic rings. The van der Waals surface area contributed by atoms with Gasteiger partial charge in [-0.1, -0.05) is 23.8 Å². The lowest BCUT2D eigenvalue weighted by Gasteiger charge is -2.19. The van der Waals surface area contributed by atoms with Crippen LogP contribution in [0.25, 0.3) is 22.2 Å². The molecule has 1 N–H and O–H groups in total. The van der Waals surface area contributed by atoms with Gasteiger partial charge >= 0.3 is 5.97 Å². The number of nitrogens with zero attached hydrogens (tertiary/aromatic N) is 1. The summed E-state index contributed by atoms with van der Waals surface area (Å²) in [7, 11) is 0. The van der Waals surface area contributed by atoms with Crippen LogP contribution < -0.4 is 9.47 Å². The first-order valence-corrected chi connectivity index (χ1v) is 7.66. The first-order chi connectivity index (χ1) is 11.6. The minimum atomic E-state index is -0.993. The predicted molar refractivity (Wildman–Crippen MR) is 89.9 cm³/mol. The summed E-state index contributed by atoms with van der Waals surface area (Å²) in [5.41, 5.74) is 3.38. The number of fused-ring (bicyclic) bond motifs is 2. The second kappa shape index (κ2) is 5.53. The van der Waals surface area contributed by atoms with Crippen LogP contribution >= 0.6 is 0 Å². The zero-order valence-electron chi connectivity index (χ0n) is 13.1. The predicted octanol–water partition coefficient (Wildman–Crippen LogP) is 3.68. The molecule has 0 amide bonds. The Bertz CT molecular complexity index is 965. The number of aromatic carboxylic acids is 1. The number of hydrogen-bond acceptors (Lipinski definition) is 4. The highest BCUT2D eigenvalue weighted by molar-refractivity contribution is 6.04. The quantitative estimate of drug-likeness (QED) is 0.780. The SMILES string of the molecule is Cc1cccc(-c2cc(C(=O)O)c3cc4c(cc3n2)OCCO4)c1. The molecule has 120 valence electrons. The molecule has 0 saturated heterocycles. The molecule has 5 heteroatoms. The highest BCUT2D eigenvalue weighted by Gasteiger charge is 2.19. The summed E-state index contributed by atoms with van der Waals surface area (Å²) < 4.78 is 11.1. The van der Waals surface area contributed by atoms with Gasteiger partial charge in [0.05, 0.1) is 16.8 Å². The number of aryl methyl sites for hydroxylation is 1. The number of benzene rings is 2. The van der Waals surface area contributed by atoms with Gasteiger partial charge in [0.1, 0.15) is 13.2 Å². The maximum Gasteiger partial charge on any atom is 0.336 e. The van der Waals surface area contributed by atoms with Gasteiger partial charge < -0.3 is 14.6 Å². The maximum atomic E-state index is 11.7. The Morgan fingerprint density at radius 1 is 1.08 bits per heavy atom. The zero-order valence-corrected chi connectivity index (χ0v) is 13.1. The van der Waals surface area contributed by atoms with E-state index in [1.54, 1.807) is 18.2 Å². The summed E-state index contributed by atoms with van der Waals surface area (Å²) >= 11 is 0. The van der Waals surface area contributed by atoms with Gasteiger partial charge in [-0.05, 0) is 25.1 Å². The summed E-state index contributed by atoms with van der Waals surface area (Å²) in [5, 5.41) is 10.2. The number of carboxylic acid groups (broad SMARTS) is 1. The average Bonchev–Trinajstić information content (AvgIpc) is 2.58. The van der Waals surface area contributed by atoms with Crippen LogP contribution in [0.2, 0.25) is 0 Å². The standard InChI is InChI=1S/C19H15NO4/c1-11-3-2-4-12(7-11)15-8-14(19(21)22)13-9-17-18(10-16(13)20-15)24-6-5-23-17/h2-4,7-10H,5-6H2,1H3,(H,21,22). The van der Waals surface area contributed by atoms with Gasteiger partial charge in [0, 0.05) is 17.0 Å². The fourth-order valence-corrected chi connectivity index (χ4v) is 2.89. The minimum Gasteiger partial charge on any atom is -0.486 e. The topological polar surface area (TPSA) is 68.7 Å². The second-order valence-electron chi connectivity index (χ2n) is 5.74. The molecule has 0 radical (unpaired) electrons. The van der Waals surface area contributed by atoms with E-state index in [1.807, 2.05) is 31.2 Å². The lowest BCUT2D eigenvalue weighted by Crippen LogP contribution is -2.15. The number of hydrogen-bond donors (Lipinski definition) is 1. The molecule has 0 saturated carbocycles. The fourth-order valence-electron chi connectivity index (χ4n) is 2.89. The van der Waals surface area contributed by atoms with Crippen LogP contribution in [-0.4, -0.2) is 29.3 Å². The van der Waals surface area contributed by atoms with Crippen LogP contribution in [0.3, 0.4) is 0 Å². The summed E-state index contributed by atoms with van der Waals surface area (Å²) in [4.78, 5) is 16.4. The smallest absolute Gasteiger partial charge is 0.336 e. The number of ether oxygens (including phenoxy) is 2.